The predicted octanol–water partition coefficient (Wildman–Crippen LogP) is 10.9. The fourth-order valence-corrected chi connectivity index (χ4v) is 7.70. The first-order valence-electron chi connectivity index (χ1n) is 14.8. The molecule has 206 valence electrons. The van der Waals surface area contributed by atoms with E-state index in [2.05, 4.69) is 156 Å². The van der Waals surface area contributed by atoms with E-state index in [-0.39, 0.29) is 0 Å². The third-order valence-corrected chi connectivity index (χ3v) is 9.65. The van der Waals surface area contributed by atoms with Gasteiger partial charge < -0.3 is 4.57 Å². The van der Waals surface area contributed by atoms with E-state index in [4.69, 9.17) is 9.97 Å². The smallest absolute Gasteiger partial charge is 0.160 e. The van der Waals surface area contributed by atoms with Gasteiger partial charge in [-0.15, -0.1) is 11.3 Å². The number of fused-ring (bicyclic) bond motifs is 6. The van der Waals surface area contributed by atoms with Crippen LogP contribution in [-0.4, -0.2) is 14.5 Å². The summed E-state index contributed by atoms with van der Waals surface area (Å²) in [6.07, 6.45) is 0. The van der Waals surface area contributed by atoms with Crippen LogP contribution >= 0.6 is 11.3 Å². The summed E-state index contributed by atoms with van der Waals surface area (Å²) in [5, 5.41) is 3.65. The molecule has 0 saturated carbocycles. The number of hydrogen-bond acceptors (Lipinski definition) is 3. The van der Waals surface area contributed by atoms with Gasteiger partial charge in [0.15, 0.2) is 5.82 Å². The summed E-state index contributed by atoms with van der Waals surface area (Å²) in [7, 11) is 0. The van der Waals surface area contributed by atoms with Crippen LogP contribution in [0.4, 0.5) is 0 Å². The van der Waals surface area contributed by atoms with E-state index >= 15 is 0 Å². The highest BCUT2D eigenvalue weighted by Crippen LogP contribution is 2.43. The lowest BCUT2D eigenvalue weighted by Gasteiger charge is -2.11. The molecule has 0 unspecified atom stereocenters. The lowest BCUT2D eigenvalue weighted by molar-refractivity contribution is 1.17. The summed E-state index contributed by atoms with van der Waals surface area (Å²) in [6.45, 7) is 0. The van der Waals surface area contributed by atoms with E-state index < -0.39 is 0 Å². The maximum absolute atomic E-state index is 5.29. The van der Waals surface area contributed by atoms with Gasteiger partial charge in [-0.1, -0.05) is 127 Å². The number of hydrogen-bond donors (Lipinski definition) is 0. The van der Waals surface area contributed by atoms with Gasteiger partial charge in [0.2, 0.25) is 0 Å². The third kappa shape index (κ3) is 3.89. The molecule has 0 aliphatic carbocycles. The van der Waals surface area contributed by atoms with Gasteiger partial charge in [-0.3, -0.25) is 0 Å². The molecule has 9 rings (SSSR count). The van der Waals surface area contributed by atoms with Crippen LogP contribution in [0.2, 0.25) is 0 Å². The molecule has 0 fully saturated rings. The van der Waals surface area contributed by atoms with Gasteiger partial charge >= 0.3 is 0 Å². The van der Waals surface area contributed by atoms with Crippen LogP contribution in [-0.2, 0) is 0 Å². The number of nitrogens with zero attached hydrogens (tertiary/aromatic N) is 3. The lowest BCUT2D eigenvalue weighted by Crippen LogP contribution is -1.97. The van der Waals surface area contributed by atoms with Crippen LogP contribution in [0.25, 0.3) is 81.6 Å². The van der Waals surface area contributed by atoms with Crippen LogP contribution in [0.3, 0.4) is 0 Å². The number of thiophene rings is 1. The Morgan fingerprint density at radius 2 is 1.05 bits per heavy atom. The van der Waals surface area contributed by atoms with Gasteiger partial charge in [0.05, 0.1) is 26.9 Å². The average Bonchev–Trinajstić information content (AvgIpc) is 3.65. The van der Waals surface area contributed by atoms with Crippen molar-refractivity contribution in [3.63, 3.8) is 0 Å². The van der Waals surface area contributed by atoms with Gasteiger partial charge in [-0.05, 0) is 35.4 Å². The topological polar surface area (TPSA) is 30.7 Å². The molecule has 0 atom stereocenters. The number of benzene rings is 6. The second kappa shape index (κ2) is 10.0. The Balaban J connectivity index is 1.30. The summed E-state index contributed by atoms with van der Waals surface area (Å²) in [6, 6.07) is 53.5. The minimum absolute atomic E-state index is 0.726. The molecule has 0 spiro atoms. The summed E-state index contributed by atoms with van der Waals surface area (Å²) < 4.78 is 4.69. The highest BCUT2D eigenvalue weighted by molar-refractivity contribution is 7.26. The van der Waals surface area contributed by atoms with Crippen molar-refractivity contribution in [3.05, 3.63) is 152 Å². The fourth-order valence-electron chi connectivity index (χ4n) is 6.42. The first-order valence-corrected chi connectivity index (χ1v) is 15.6. The van der Waals surface area contributed by atoms with E-state index in [1.165, 1.54) is 37.6 Å². The first-order chi connectivity index (χ1) is 21.8. The van der Waals surface area contributed by atoms with Crippen LogP contribution in [0.15, 0.2) is 152 Å². The second-order valence-corrected chi connectivity index (χ2v) is 12.0. The molecule has 9 aromatic rings. The van der Waals surface area contributed by atoms with Crippen molar-refractivity contribution in [1.82, 2.24) is 14.5 Å². The van der Waals surface area contributed by atoms with Crippen molar-refractivity contribution < 1.29 is 0 Å². The Kier molecular flexibility index (Phi) is 5.68. The molecule has 3 heterocycles. The molecule has 3 nitrogen and oxygen atoms in total. The molecular weight excluding hydrogens is 555 g/mol. The normalized spacial score (nSPS) is 11.6. The predicted molar refractivity (Wildman–Crippen MR) is 186 cm³/mol. The number of aromatic nitrogens is 3. The minimum atomic E-state index is 0.726. The van der Waals surface area contributed by atoms with Gasteiger partial charge in [-0.2, -0.15) is 0 Å². The van der Waals surface area contributed by atoms with Gasteiger partial charge in [0.25, 0.3) is 0 Å². The molecule has 0 amide bonds. The van der Waals surface area contributed by atoms with Crippen molar-refractivity contribution in [1.29, 1.82) is 0 Å². The summed E-state index contributed by atoms with van der Waals surface area (Å²) in [5.74, 6) is 0.726. The van der Waals surface area contributed by atoms with Crippen LogP contribution < -0.4 is 0 Å². The highest BCUT2D eigenvalue weighted by atomic mass is 32.1. The molecule has 6 aromatic carbocycles. The number of para-hydroxylation sites is 2. The van der Waals surface area contributed by atoms with Crippen LogP contribution in [0.5, 0.6) is 0 Å². The summed E-state index contributed by atoms with van der Waals surface area (Å²) >= 11 is 1.78. The van der Waals surface area contributed by atoms with Crippen molar-refractivity contribution in [2.75, 3.05) is 0 Å². The molecule has 3 aromatic heterocycles. The lowest BCUT2D eigenvalue weighted by atomic mass is 10.0. The molecule has 0 aliphatic rings. The maximum Gasteiger partial charge on any atom is 0.160 e. The highest BCUT2D eigenvalue weighted by Gasteiger charge is 2.19. The zero-order valence-corrected chi connectivity index (χ0v) is 24.5. The van der Waals surface area contributed by atoms with Crippen LogP contribution in [0, 0.1) is 0 Å². The largest absolute Gasteiger partial charge is 0.309 e. The Labute approximate surface area is 258 Å². The summed E-state index contributed by atoms with van der Waals surface area (Å²) in [5.41, 5.74) is 9.93. The van der Waals surface area contributed by atoms with E-state index in [0.717, 1.165) is 43.9 Å². The minimum Gasteiger partial charge on any atom is -0.309 e. The fraction of sp³-hybridized carbons (Fsp3) is 0. The van der Waals surface area contributed by atoms with E-state index in [1.807, 2.05) is 0 Å². The third-order valence-electron chi connectivity index (χ3n) is 8.41. The molecular formula is C40H25N3S. The molecule has 0 N–H and O–H groups in total. The zero-order valence-electron chi connectivity index (χ0n) is 23.7. The summed E-state index contributed by atoms with van der Waals surface area (Å²) in [4.78, 5) is 10.6. The second-order valence-electron chi connectivity index (χ2n) is 11.0. The standard InChI is InChI=1S/C40H25N3S/c1-3-13-26(14-4-1)30-21-12-22-33-37-39(44-38(30)33)36(27-15-5-2-6-16-27)41-40(42-37)28-17-11-18-29(25-28)43-34-23-9-7-19-31(34)32-20-8-10-24-35(32)43/h1-25H. The van der Waals surface area contributed by atoms with Gasteiger partial charge in [-0.25, -0.2) is 9.97 Å². The quantitative estimate of drug-likeness (QED) is 0.208. The molecule has 0 radical (unpaired) electrons. The maximum atomic E-state index is 5.29. The van der Waals surface area contributed by atoms with Crippen molar-refractivity contribution in [3.8, 4) is 39.5 Å². The van der Waals surface area contributed by atoms with Gasteiger partial charge in [0, 0.05) is 37.7 Å². The zero-order chi connectivity index (χ0) is 29.0. The first kappa shape index (κ1) is 25.0. The molecule has 0 aliphatic heterocycles. The molecule has 0 bridgehead atoms. The van der Waals surface area contributed by atoms with Crippen molar-refractivity contribution in [2.45, 2.75) is 0 Å². The van der Waals surface area contributed by atoms with Crippen molar-refractivity contribution >= 4 is 53.4 Å². The van der Waals surface area contributed by atoms with Gasteiger partial charge in [0.1, 0.15) is 0 Å². The van der Waals surface area contributed by atoms with Crippen molar-refractivity contribution in [2.24, 2.45) is 0 Å². The van der Waals surface area contributed by atoms with E-state index in [1.54, 1.807) is 11.3 Å². The number of rotatable bonds is 4. The Morgan fingerprint density at radius 1 is 0.455 bits per heavy atom. The molecule has 44 heavy (non-hydrogen) atoms. The Morgan fingerprint density at radius 3 is 1.77 bits per heavy atom. The monoisotopic (exact) mass is 579 g/mol. The molecule has 0 saturated heterocycles. The Bertz CT molecular complexity index is 2440. The average molecular weight is 580 g/mol. The van der Waals surface area contributed by atoms with E-state index in [9.17, 15) is 0 Å². The Hall–Kier alpha value is -5.58. The van der Waals surface area contributed by atoms with Crippen LogP contribution in [0.1, 0.15) is 0 Å². The molecule has 4 heteroatoms. The van der Waals surface area contributed by atoms with E-state index in [0.29, 0.717) is 0 Å². The SMILES string of the molecule is c1ccc(-c2cccc3c2sc2c(-c4ccccc4)nc(-c4cccc(-n5c6ccccc6c6ccccc65)c4)nc23)cc1.